The molecular weight excluding hydrogens is 375 g/mol. The van der Waals surface area contributed by atoms with Crippen LogP contribution >= 0.6 is 0 Å². The second-order valence-corrected chi connectivity index (χ2v) is 8.95. The van der Waals surface area contributed by atoms with Gasteiger partial charge in [-0.1, -0.05) is 24.3 Å². The van der Waals surface area contributed by atoms with E-state index >= 15 is 0 Å². The Morgan fingerprint density at radius 1 is 1.13 bits per heavy atom. The lowest BCUT2D eigenvalue weighted by Crippen LogP contribution is -2.43. The average molecular weight is 405 g/mol. The lowest BCUT2D eigenvalue weighted by atomic mass is 9.74. The van der Waals surface area contributed by atoms with Crippen LogP contribution in [0.2, 0.25) is 0 Å². The Hall–Kier alpha value is -2.30. The fraction of sp³-hybridized carbons (Fsp3) is 0.423. The van der Waals surface area contributed by atoms with Crippen molar-refractivity contribution in [1.29, 1.82) is 0 Å². The second kappa shape index (κ2) is 8.09. The van der Waals surface area contributed by atoms with Crippen LogP contribution in [-0.2, 0) is 10.2 Å². The van der Waals surface area contributed by atoms with Gasteiger partial charge in [-0.2, -0.15) is 0 Å². The first kappa shape index (κ1) is 19.7. The van der Waals surface area contributed by atoms with Crippen LogP contribution in [0.5, 0.6) is 0 Å². The van der Waals surface area contributed by atoms with E-state index in [2.05, 4.69) is 35.4 Å². The predicted octanol–water partition coefficient (Wildman–Crippen LogP) is 5.65. The summed E-state index contributed by atoms with van der Waals surface area (Å²) in [4.78, 5) is 4.67. The number of fused-ring (bicyclic) bond motifs is 1. The SMILES string of the molecule is CC(OCC1(c2ccc(F)cc2)CCNCC1)c1cc(C2CC2)cc2cccnc12. The lowest BCUT2D eigenvalue weighted by molar-refractivity contribution is 0.0172. The molecule has 2 aromatic carbocycles. The standard InChI is InChI=1S/C26H29FN2O/c1-18(24-16-21(19-4-5-19)15-20-3-2-12-29-25(20)24)30-17-26(10-13-28-14-11-26)22-6-8-23(27)9-7-22/h2-3,6-9,12,15-16,18-19,28H,4-5,10-11,13-14,17H2,1H3. The number of halogens is 1. The van der Waals surface area contributed by atoms with Crippen LogP contribution in [0.3, 0.4) is 0 Å². The van der Waals surface area contributed by atoms with Gasteiger partial charge in [-0.3, -0.25) is 4.98 Å². The van der Waals surface area contributed by atoms with E-state index in [4.69, 9.17) is 4.74 Å². The smallest absolute Gasteiger partial charge is 0.123 e. The molecule has 0 spiro atoms. The molecule has 1 aliphatic heterocycles. The quantitative estimate of drug-likeness (QED) is 0.576. The molecule has 1 unspecified atom stereocenters. The van der Waals surface area contributed by atoms with Gasteiger partial charge in [0.15, 0.2) is 0 Å². The van der Waals surface area contributed by atoms with E-state index in [0.717, 1.165) is 31.4 Å². The summed E-state index contributed by atoms with van der Waals surface area (Å²) < 4.78 is 20.1. The largest absolute Gasteiger partial charge is 0.373 e. The van der Waals surface area contributed by atoms with Crippen molar-refractivity contribution in [1.82, 2.24) is 10.3 Å². The number of benzene rings is 2. The highest BCUT2D eigenvalue weighted by atomic mass is 19.1. The van der Waals surface area contributed by atoms with E-state index in [0.29, 0.717) is 12.5 Å². The third-order valence-electron chi connectivity index (χ3n) is 6.87. The van der Waals surface area contributed by atoms with Crippen LogP contribution in [0.4, 0.5) is 4.39 Å². The van der Waals surface area contributed by atoms with Gasteiger partial charge in [-0.05, 0) is 87.0 Å². The van der Waals surface area contributed by atoms with Crippen molar-refractivity contribution in [2.24, 2.45) is 0 Å². The van der Waals surface area contributed by atoms with Gasteiger partial charge in [0.2, 0.25) is 0 Å². The molecular formula is C26H29FN2O. The molecule has 1 aromatic heterocycles. The third-order valence-corrected chi connectivity index (χ3v) is 6.87. The average Bonchev–Trinajstić information content (AvgIpc) is 3.63. The first-order valence-corrected chi connectivity index (χ1v) is 11.1. The molecule has 0 amide bonds. The highest BCUT2D eigenvalue weighted by molar-refractivity contribution is 5.83. The van der Waals surface area contributed by atoms with Crippen LogP contribution in [-0.4, -0.2) is 24.7 Å². The second-order valence-electron chi connectivity index (χ2n) is 8.95. The van der Waals surface area contributed by atoms with Crippen molar-refractivity contribution in [3.63, 3.8) is 0 Å². The first-order chi connectivity index (χ1) is 14.6. The van der Waals surface area contributed by atoms with Crippen molar-refractivity contribution >= 4 is 10.9 Å². The summed E-state index contributed by atoms with van der Waals surface area (Å²) in [7, 11) is 0. The highest BCUT2D eigenvalue weighted by Gasteiger charge is 2.35. The molecule has 1 saturated heterocycles. The minimum absolute atomic E-state index is 0.0479. The molecule has 2 heterocycles. The minimum Gasteiger partial charge on any atom is -0.373 e. The topological polar surface area (TPSA) is 34.1 Å². The van der Waals surface area contributed by atoms with Crippen molar-refractivity contribution < 1.29 is 9.13 Å². The Labute approximate surface area is 177 Å². The van der Waals surface area contributed by atoms with Crippen molar-refractivity contribution in [3.05, 3.63) is 77.2 Å². The highest BCUT2D eigenvalue weighted by Crippen LogP contribution is 2.43. The summed E-state index contributed by atoms with van der Waals surface area (Å²) in [6.07, 6.45) is 6.36. The Morgan fingerprint density at radius 2 is 1.90 bits per heavy atom. The van der Waals surface area contributed by atoms with Gasteiger partial charge in [-0.25, -0.2) is 4.39 Å². The molecule has 1 atom stereocenters. The van der Waals surface area contributed by atoms with E-state index in [9.17, 15) is 4.39 Å². The number of rotatable bonds is 6. The fourth-order valence-electron chi connectivity index (χ4n) is 4.81. The van der Waals surface area contributed by atoms with Crippen LogP contribution in [0, 0.1) is 5.82 Å². The Kier molecular flexibility index (Phi) is 5.30. The van der Waals surface area contributed by atoms with E-state index < -0.39 is 0 Å². The fourth-order valence-corrected chi connectivity index (χ4v) is 4.81. The summed E-state index contributed by atoms with van der Waals surface area (Å²) in [5.41, 5.74) is 4.72. The van der Waals surface area contributed by atoms with Crippen molar-refractivity contribution in [3.8, 4) is 0 Å². The molecule has 1 aliphatic carbocycles. The van der Waals surface area contributed by atoms with Gasteiger partial charge >= 0.3 is 0 Å². The van der Waals surface area contributed by atoms with Crippen LogP contribution in [0.1, 0.15) is 61.3 Å². The molecule has 2 fully saturated rings. The van der Waals surface area contributed by atoms with Crippen molar-refractivity contribution in [2.75, 3.05) is 19.7 Å². The van der Waals surface area contributed by atoms with E-state index in [1.165, 1.54) is 34.9 Å². The number of hydrogen-bond acceptors (Lipinski definition) is 3. The maximum absolute atomic E-state index is 13.5. The summed E-state index contributed by atoms with van der Waals surface area (Å²) in [5, 5.41) is 4.65. The molecule has 5 rings (SSSR count). The number of piperidine rings is 1. The number of nitrogens with zero attached hydrogens (tertiary/aromatic N) is 1. The molecule has 1 N–H and O–H groups in total. The molecule has 0 radical (unpaired) electrons. The van der Waals surface area contributed by atoms with E-state index in [-0.39, 0.29) is 17.3 Å². The van der Waals surface area contributed by atoms with Crippen LogP contribution < -0.4 is 5.32 Å². The third kappa shape index (κ3) is 3.86. The number of aromatic nitrogens is 1. The Morgan fingerprint density at radius 3 is 2.63 bits per heavy atom. The van der Waals surface area contributed by atoms with E-state index in [1.807, 2.05) is 24.4 Å². The summed E-state index contributed by atoms with van der Waals surface area (Å²) in [6.45, 7) is 4.68. The van der Waals surface area contributed by atoms with Gasteiger partial charge in [0, 0.05) is 22.6 Å². The number of hydrogen-bond donors (Lipinski definition) is 1. The minimum atomic E-state index is -0.188. The van der Waals surface area contributed by atoms with Crippen LogP contribution in [0.25, 0.3) is 10.9 Å². The number of nitrogens with one attached hydrogen (secondary N) is 1. The molecule has 4 heteroatoms. The lowest BCUT2D eigenvalue weighted by Gasteiger charge is -2.39. The molecule has 3 aromatic rings. The summed E-state index contributed by atoms with van der Waals surface area (Å²) in [6, 6.07) is 15.8. The molecule has 3 nitrogen and oxygen atoms in total. The van der Waals surface area contributed by atoms with Gasteiger partial charge in [0.25, 0.3) is 0 Å². The zero-order chi connectivity index (χ0) is 20.6. The number of ether oxygens (including phenoxy) is 1. The van der Waals surface area contributed by atoms with Crippen LogP contribution in [0.15, 0.2) is 54.7 Å². The van der Waals surface area contributed by atoms with Gasteiger partial charge in [0.05, 0.1) is 18.2 Å². The molecule has 1 saturated carbocycles. The Balaban J connectivity index is 1.43. The van der Waals surface area contributed by atoms with Crippen molar-refractivity contribution in [2.45, 2.75) is 50.0 Å². The molecule has 0 bridgehead atoms. The maximum Gasteiger partial charge on any atom is 0.123 e. The summed E-state index contributed by atoms with van der Waals surface area (Å²) >= 11 is 0. The zero-order valence-corrected chi connectivity index (χ0v) is 17.5. The summed E-state index contributed by atoms with van der Waals surface area (Å²) in [5.74, 6) is 0.502. The monoisotopic (exact) mass is 404 g/mol. The maximum atomic E-state index is 13.5. The van der Waals surface area contributed by atoms with Gasteiger partial charge in [-0.15, -0.1) is 0 Å². The normalized spacial score (nSPS) is 19.7. The molecule has 156 valence electrons. The first-order valence-electron chi connectivity index (χ1n) is 11.1. The molecule has 2 aliphatic rings. The number of pyridine rings is 1. The van der Waals surface area contributed by atoms with Gasteiger partial charge < -0.3 is 10.1 Å². The van der Waals surface area contributed by atoms with E-state index in [1.54, 1.807) is 12.1 Å². The Bertz CT molecular complexity index is 1020. The van der Waals surface area contributed by atoms with Gasteiger partial charge in [0.1, 0.15) is 5.82 Å². The predicted molar refractivity (Wildman–Crippen MR) is 118 cm³/mol. The zero-order valence-electron chi connectivity index (χ0n) is 17.5. The molecule has 30 heavy (non-hydrogen) atoms.